The molecule has 3 aliphatic rings. The number of primary amides is 1. The predicted octanol–water partition coefficient (Wildman–Crippen LogP) is 3.06. The molecular formula is C21H27F3N4O2. The number of nitrogens with two attached hydrogens (primary N) is 1. The van der Waals surface area contributed by atoms with Crippen molar-refractivity contribution >= 4 is 11.9 Å². The van der Waals surface area contributed by atoms with E-state index in [9.17, 15) is 22.8 Å². The molecule has 3 amide bonds. The second kappa shape index (κ2) is 7.74. The first kappa shape index (κ1) is 20.9. The van der Waals surface area contributed by atoms with Crippen molar-refractivity contribution in [3.63, 3.8) is 0 Å². The quantitative estimate of drug-likeness (QED) is 0.810. The molecule has 2 aliphatic heterocycles. The van der Waals surface area contributed by atoms with Crippen LogP contribution in [0.5, 0.6) is 0 Å². The van der Waals surface area contributed by atoms with Crippen molar-refractivity contribution in [3.05, 3.63) is 29.6 Å². The van der Waals surface area contributed by atoms with Crippen LogP contribution in [0.4, 0.5) is 18.0 Å². The van der Waals surface area contributed by atoms with E-state index >= 15 is 0 Å². The van der Waals surface area contributed by atoms with Gasteiger partial charge >= 0.3 is 12.2 Å². The lowest BCUT2D eigenvalue weighted by Crippen LogP contribution is -2.62. The van der Waals surface area contributed by atoms with Crippen molar-refractivity contribution in [1.29, 1.82) is 0 Å². The number of nitrogens with zero attached hydrogens (tertiary/aromatic N) is 3. The maximum Gasteiger partial charge on any atom is 0.417 e. The number of carbonyl (C=O) groups is 2. The van der Waals surface area contributed by atoms with Crippen LogP contribution < -0.4 is 5.73 Å². The van der Waals surface area contributed by atoms with E-state index in [0.29, 0.717) is 37.5 Å². The van der Waals surface area contributed by atoms with Gasteiger partial charge in [-0.25, -0.2) is 4.79 Å². The van der Waals surface area contributed by atoms with Crippen molar-refractivity contribution in [2.24, 2.45) is 23.0 Å². The van der Waals surface area contributed by atoms with Crippen LogP contribution in [0, 0.1) is 17.3 Å². The lowest BCUT2D eigenvalue weighted by Gasteiger charge is -2.54. The molecule has 6 nitrogen and oxygen atoms in total. The van der Waals surface area contributed by atoms with Crippen LogP contribution in [0.2, 0.25) is 0 Å². The van der Waals surface area contributed by atoms with Crippen molar-refractivity contribution in [3.8, 4) is 0 Å². The Morgan fingerprint density at radius 1 is 1.13 bits per heavy atom. The van der Waals surface area contributed by atoms with Crippen LogP contribution >= 0.6 is 0 Å². The minimum absolute atomic E-state index is 0.000419. The van der Waals surface area contributed by atoms with Gasteiger partial charge in [-0.15, -0.1) is 0 Å². The van der Waals surface area contributed by atoms with Crippen molar-refractivity contribution in [2.45, 2.75) is 44.7 Å². The van der Waals surface area contributed by atoms with Gasteiger partial charge in [-0.3, -0.25) is 9.78 Å². The van der Waals surface area contributed by atoms with Crippen LogP contribution in [0.25, 0.3) is 0 Å². The number of amides is 3. The Morgan fingerprint density at radius 2 is 1.83 bits per heavy atom. The van der Waals surface area contributed by atoms with Gasteiger partial charge in [0.05, 0.1) is 11.5 Å². The fourth-order valence-electron chi connectivity index (χ4n) is 5.08. The predicted molar refractivity (Wildman–Crippen MR) is 103 cm³/mol. The van der Waals surface area contributed by atoms with E-state index in [1.165, 1.54) is 6.07 Å². The van der Waals surface area contributed by atoms with Crippen LogP contribution in [0.1, 0.15) is 43.4 Å². The van der Waals surface area contributed by atoms with E-state index in [2.05, 4.69) is 4.98 Å². The van der Waals surface area contributed by atoms with Crippen LogP contribution in [0.3, 0.4) is 0 Å². The topological polar surface area (TPSA) is 79.5 Å². The van der Waals surface area contributed by atoms with E-state index in [4.69, 9.17) is 5.73 Å². The molecule has 1 aromatic heterocycles. The molecule has 0 unspecified atom stereocenters. The first-order chi connectivity index (χ1) is 14.2. The largest absolute Gasteiger partial charge is 0.417 e. The zero-order valence-electron chi connectivity index (χ0n) is 16.8. The summed E-state index contributed by atoms with van der Waals surface area (Å²) in [5, 5.41) is 0. The molecule has 0 aromatic carbocycles. The molecule has 1 aliphatic carbocycles. The highest BCUT2D eigenvalue weighted by Crippen LogP contribution is 2.46. The van der Waals surface area contributed by atoms with Gasteiger partial charge < -0.3 is 15.5 Å². The maximum absolute atomic E-state index is 12.7. The average Bonchev–Trinajstić information content (AvgIpc) is 3.17. The van der Waals surface area contributed by atoms with Crippen LogP contribution in [-0.2, 0) is 17.4 Å². The number of halogens is 3. The van der Waals surface area contributed by atoms with E-state index in [0.717, 1.165) is 51.0 Å². The summed E-state index contributed by atoms with van der Waals surface area (Å²) in [7, 11) is 0. The Bertz CT molecular complexity index is 795. The minimum atomic E-state index is -4.36. The Hall–Kier alpha value is -2.32. The summed E-state index contributed by atoms with van der Waals surface area (Å²) in [5.41, 5.74) is 5.50. The second-order valence-electron chi connectivity index (χ2n) is 9.16. The Labute approximate surface area is 173 Å². The second-order valence-corrected chi connectivity index (χ2v) is 9.16. The van der Waals surface area contributed by atoms with Gasteiger partial charge in [-0.1, -0.05) is 0 Å². The third-order valence-electron chi connectivity index (χ3n) is 7.00. The Balaban J connectivity index is 1.23. The lowest BCUT2D eigenvalue weighted by atomic mass is 9.65. The molecular weight excluding hydrogens is 397 g/mol. The van der Waals surface area contributed by atoms with Gasteiger partial charge in [0.2, 0.25) is 5.91 Å². The summed E-state index contributed by atoms with van der Waals surface area (Å²) in [6.07, 6.45) is 1.93. The number of hydrogen-bond donors (Lipinski definition) is 1. The van der Waals surface area contributed by atoms with Gasteiger partial charge in [-0.05, 0) is 56.6 Å². The van der Waals surface area contributed by atoms with Gasteiger partial charge in [-0.2, -0.15) is 13.2 Å². The molecule has 30 heavy (non-hydrogen) atoms. The normalized spacial score (nSPS) is 24.2. The summed E-state index contributed by atoms with van der Waals surface area (Å²) in [5.74, 6) is -0.163. The Kier molecular flexibility index (Phi) is 5.40. The highest BCUT2D eigenvalue weighted by molar-refractivity contribution is 5.80. The summed E-state index contributed by atoms with van der Waals surface area (Å²) in [6, 6.07) is 2.58. The fourth-order valence-corrected chi connectivity index (χ4v) is 5.08. The van der Waals surface area contributed by atoms with E-state index in [-0.39, 0.29) is 23.3 Å². The minimum Gasteiger partial charge on any atom is -0.369 e. The molecule has 1 saturated carbocycles. The number of aromatic nitrogens is 1. The number of likely N-dealkylation sites (tertiary alicyclic amines) is 2. The molecule has 0 bridgehead atoms. The standard InChI is InChI=1S/C21H27F3N4O2/c22-21(23,24)16-1-2-17(26-10-16)9-14-3-6-20(7-4-14)12-28(13-20)19(30)27-8-5-15(11-27)18(25)29/h1-2,10,14-15H,3-9,11-13H2,(H2,25,29)/t15-/m0/s1. The maximum atomic E-state index is 12.7. The number of rotatable bonds is 3. The molecule has 2 N–H and O–H groups in total. The van der Waals surface area contributed by atoms with E-state index < -0.39 is 11.7 Å². The average molecular weight is 424 g/mol. The molecule has 9 heteroatoms. The number of hydrogen-bond acceptors (Lipinski definition) is 3. The number of urea groups is 1. The van der Waals surface area contributed by atoms with Gasteiger partial charge in [0.15, 0.2) is 0 Å². The summed E-state index contributed by atoms with van der Waals surface area (Å²) < 4.78 is 38.0. The monoisotopic (exact) mass is 424 g/mol. The van der Waals surface area contributed by atoms with Crippen molar-refractivity contribution in [2.75, 3.05) is 26.2 Å². The summed E-state index contributed by atoms with van der Waals surface area (Å²) in [4.78, 5) is 31.5. The number of alkyl halides is 3. The van der Waals surface area contributed by atoms with E-state index in [1.807, 2.05) is 4.90 Å². The third-order valence-corrected chi connectivity index (χ3v) is 7.00. The fraction of sp³-hybridized carbons (Fsp3) is 0.667. The van der Waals surface area contributed by atoms with Crippen molar-refractivity contribution in [1.82, 2.24) is 14.8 Å². The van der Waals surface area contributed by atoms with Crippen LogP contribution in [-0.4, -0.2) is 52.9 Å². The molecule has 0 radical (unpaired) electrons. The highest BCUT2D eigenvalue weighted by Gasteiger charge is 2.48. The molecule has 164 valence electrons. The molecule has 3 heterocycles. The number of pyridine rings is 1. The zero-order valence-corrected chi connectivity index (χ0v) is 16.8. The number of carbonyl (C=O) groups excluding carboxylic acids is 2. The van der Waals surface area contributed by atoms with Gasteiger partial charge in [0.1, 0.15) is 0 Å². The zero-order chi connectivity index (χ0) is 21.5. The van der Waals surface area contributed by atoms with Gasteiger partial charge in [0, 0.05) is 43.5 Å². The first-order valence-corrected chi connectivity index (χ1v) is 10.5. The van der Waals surface area contributed by atoms with Crippen molar-refractivity contribution < 1.29 is 22.8 Å². The third kappa shape index (κ3) is 4.25. The molecule has 1 aromatic rings. The summed E-state index contributed by atoms with van der Waals surface area (Å²) >= 11 is 0. The Morgan fingerprint density at radius 3 is 2.37 bits per heavy atom. The first-order valence-electron chi connectivity index (χ1n) is 10.5. The molecule has 1 spiro atoms. The highest BCUT2D eigenvalue weighted by atomic mass is 19.4. The lowest BCUT2D eigenvalue weighted by molar-refractivity contribution is -0.137. The molecule has 4 rings (SSSR count). The summed E-state index contributed by atoms with van der Waals surface area (Å²) in [6.45, 7) is 2.49. The van der Waals surface area contributed by atoms with E-state index in [1.54, 1.807) is 4.90 Å². The molecule has 2 saturated heterocycles. The van der Waals surface area contributed by atoms with Crippen LogP contribution in [0.15, 0.2) is 18.3 Å². The molecule has 1 atom stereocenters. The molecule has 3 fully saturated rings. The SMILES string of the molecule is NC(=O)[C@H]1CCN(C(=O)N2CC3(CCC(Cc4ccc(C(F)(F)F)cn4)CC3)C2)C1. The van der Waals surface area contributed by atoms with Gasteiger partial charge in [0.25, 0.3) is 0 Å². The smallest absolute Gasteiger partial charge is 0.369 e.